The molecule has 0 aromatic carbocycles. The second-order valence-electron chi connectivity index (χ2n) is 4.56. The van der Waals surface area contributed by atoms with Gasteiger partial charge >= 0.3 is 5.69 Å². The van der Waals surface area contributed by atoms with Gasteiger partial charge in [0.1, 0.15) is 24.7 Å². The Labute approximate surface area is 119 Å². The van der Waals surface area contributed by atoms with Crippen LogP contribution in [0.4, 0.5) is 10.2 Å². The lowest BCUT2D eigenvalue weighted by atomic mass is 9.91. The van der Waals surface area contributed by atoms with Crippen molar-refractivity contribution in [2.45, 2.75) is 24.0 Å². The SMILES string of the molecule is Nc1ccn([C@@H]2O[C@H](CO)C(O)[C@]2(N)C#CCF)c(=O)n1. The maximum atomic E-state index is 12.3. The number of nitrogen functional groups attached to an aromatic ring is 1. The van der Waals surface area contributed by atoms with E-state index in [0.717, 1.165) is 4.57 Å². The standard InChI is InChI=1S/C12H15FN4O4/c13-4-1-3-12(15)9(19)7(6-18)21-10(12)17-5-2-8(14)16-11(17)20/h2,5,7,9-10,18-19H,4,6,15H2,(H2,14,16,20)/t7-,9?,10-,12-/m1/s1. The molecule has 0 aliphatic carbocycles. The zero-order valence-electron chi connectivity index (χ0n) is 10.9. The monoisotopic (exact) mass is 298 g/mol. The maximum Gasteiger partial charge on any atom is 0.351 e. The van der Waals surface area contributed by atoms with E-state index in [2.05, 4.69) is 16.8 Å². The Hall–Kier alpha value is -1.99. The highest BCUT2D eigenvalue weighted by Crippen LogP contribution is 2.35. The van der Waals surface area contributed by atoms with Crippen molar-refractivity contribution in [3.63, 3.8) is 0 Å². The molecule has 2 rings (SSSR count). The molecule has 0 amide bonds. The molecule has 1 aliphatic rings. The minimum Gasteiger partial charge on any atom is -0.394 e. The van der Waals surface area contributed by atoms with Crippen LogP contribution in [0.5, 0.6) is 0 Å². The molecule has 0 radical (unpaired) electrons. The summed E-state index contributed by atoms with van der Waals surface area (Å²) in [6.07, 6.45) is -2.42. The first-order chi connectivity index (χ1) is 9.93. The Kier molecular flexibility index (Phi) is 4.24. The highest BCUT2D eigenvalue weighted by Gasteiger charge is 2.54. The number of hydrogen-bond acceptors (Lipinski definition) is 7. The molecular weight excluding hydrogens is 283 g/mol. The molecule has 8 nitrogen and oxygen atoms in total. The van der Waals surface area contributed by atoms with E-state index in [9.17, 15) is 19.4 Å². The summed E-state index contributed by atoms with van der Waals surface area (Å²) >= 11 is 0. The zero-order valence-corrected chi connectivity index (χ0v) is 10.9. The first-order valence-electron chi connectivity index (χ1n) is 6.08. The molecule has 1 saturated heterocycles. The molecule has 6 N–H and O–H groups in total. The molecule has 1 aromatic rings. The van der Waals surface area contributed by atoms with Crippen LogP contribution in [-0.4, -0.2) is 50.8 Å². The third-order valence-electron chi connectivity index (χ3n) is 3.21. The number of aliphatic hydroxyl groups excluding tert-OH is 2. The minimum atomic E-state index is -1.76. The molecule has 4 atom stereocenters. The van der Waals surface area contributed by atoms with Crippen molar-refractivity contribution in [3.8, 4) is 11.8 Å². The molecule has 1 fully saturated rings. The Morgan fingerprint density at radius 3 is 2.90 bits per heavy atom. The fourth-order valence-electron chi connectivity index (χ4n) is 2.17. The number of rotatable bonds is 2. The van der Waals surface area contributed by atoms with Crippen molar-refractivity contribution in [3.05, 3.63) is 22.7 Å². The van der Waals surface area contributed by atoms with Gasteiger partial charge in [-0.2, -0.15) is 4.98 Å². The molecule has 1 aliphatic heterocycles. The van der Waals surface area contributed by atoms with Crippen LogP contribution < -0.4 is 17.2 Å². The molecular formula is C12H15FN4O4. The molecule has 0 bridgehead atoms. The van der Waals surface area contributed by atoms with E-state index in [0.29, 0.717) is 0 Å². The Morgan fingerprint density at radius 2 is 2.33 bits per heavy atom. The summed E-state index contributed by atoms with van der Waals surface area (Å²) in [5.41, 5.74) is 8.86. The van der Waals surface area contributed by atoms with Gasteiger partial charge in [-0.1, -0.05) is 11.8 Å². The number of nitrogens with zero attached hydrogens (tertiary/aromatic N) is 2. The first kappa shape index (κ1) is 15.4. The van der Waals surface area contributed by atoms with Crippen LogP contribution in [0, 0.1) is 11.8 Å². The molecule has 0 saturated carbocycles. The zero-order chi connectivity index (χ0) is 15.6. The summed E-state index contributed by atoms with van der Waals surface area (Å²) in [6.45, 7) is -1.51. The molecule has 0 spiro atoms. The quantitative estimate of drug-likeness (QED) is 0.452. The van der Waals surface area contributed by atoms with Crippen molar-refractivity contribution in [1.82, 2.24) is 9.55 Å². The van der Waals surface area contributed by atoms with Crippen LogP contribution in [0.25, 0.3) is 0 Å². The van der Waals surface area contributed by atoms with E-state index in [1.165, 1.54) is 12.3 Å². The summed E-state index contributed by atoms with van der Waals surface area (Å²) in [7, 11) is 0. The summed E-state index contributed by atoms with van der Waals surface area (Å²) in [6, 6.07) is 1.34. The summed E-state index contributed by atoms with van der Waals surface area (Å²) in [4.78, 5) is 15.4. The molecule has 9 heteroatoms. The summed E-state index contributed by atoms with van der Waals surface area (Å²) in [5.74, 6) is 4.48. The van der Waals surface area contributed by atoms with Gasteiger partial charge in [0.25, 0.3) is 0 Å². The number of aliphatic hydroxyl groups is 2. The van der Waals surface area contributed by atoms with Gasteiger partial charge < -0.3 is 26.4 Å². The average molecular weight is 298 g/mol. The van der Waals surface area contributed by atoms with Crippen molar-refractivity contribution < 1.29 is 19.3 Å². The third kappa shape index (κ3) is 2.62. The largest absolute Gasteiger partial charge is 0.394 e. The predicted molar refractivity (Wildman–Crippen MR) is 70.6 cm³/mol. The fourth-order valence-corrected chi connectivity index (χ4v) is 2.17. The molecule has 21 heavy (non-hydrogen) atoms. The summed E-state index contributed by atoms with van der Waals surface area (Å²) < 4.78 is 18.6. The van der Waals surface area contributed by atoms with E-state index < -0.39 is 42.9 Å². The van der Waals surface area contributed by atoms with Gasteiger partial charge in [0.2, 0.25) is 0 Å². The number of nitrogens with two attached hydrogens (primary N) is 2. The van der Waals surface area contributed by atoms with Gasteiger partial charge in [0, 0.05) is 6.20 Å². The van der Waals surface area contributed by atoms with E-state index in [4.69, 9.17) is 16.2 Å². The number of anilines is 1. The number of alkyl halides is 1. The van der Waals surface area contributed by atoms with Crippen LogP contribution in [-0.2, 0) is 4.74 Å². The number of aromatic nitrogens is 2. The molecule has 114 valence electrons. The minimum absolute atomic E-state index is 0.00553. The predicted octanol–water partition coefficient (Wildman–Crippen LogP) is -2.25. The molecule has 2 heterocycles. The van der Waals surface area contributed by atoms with Gasteiger partial charge in [0.15, 0.2) is 11.8 Å². The van der Waals surface area contributed by atoms with Gasteiger partial charge in [-0.25, -0.2) is 9.18 Å². The first-order valence-corrected chi connectivity index (χ1v) is 6.08. The molecule has 1 unspecified atom stereocenters. The number of ether oxygens (including phenoxy) is 1. The van der Waals surface area contributed by atoms with E-state index in [-0.39, 0.29) is 5.82 Å². The topological polar surface area (TPSA) is 137 Å². The second kappa shape index (κ2) is 5.79. The van der Waals surface area contributed by atoms with Gasteiger partial charge in [-0.15, -0.1) is 0 Å². The lowest BCUT2D eigenvalue weighted by molar-refractivity contribution is -0.0476. The van der Waals surface area contributed by atoms with Crippen molar-refractivity contribution in [1.29, 1.82) is 0 Å². The van der Waals surface area contributed by atoms with Crippen LogP contribution in [0.15, 0.2) is 17.1 Å². The van der Waals surface area contributed by atoms with E-state index in [1.54, 1.807) is 0 Å². The number of halogens is 1. The maximum absolute atomic E-state index is 12.3. The van der Waals surface area contributed by atoms with Crippen molar-refractivity contribution in [2.24, 2.45) is 5.73 Å². The van der Waals surface area contributed by atoms with Crippen molar-refractivity contribution in [2.75, 3.05) is 19.0 Å². The highest BCUT2D eigenvalue weighted by atomic mass is 19.1. The van der Waals surface area contributed by atoms with Gasteiger partial charge in [-0.05, 0) is 6.07 Å². The highest BCUT2D eigenvalue weighted by molar-refractivity contribution is 5.28. The van der Waals surface area contributed by atoms with Crippen LogP contribution in [0.2, 0.25) is 0 Å². The Balaban J connectivity index is 2.51. The van der Waals surface area contributed by atoms with E-state index >= 15 is 0 Å². The normalized spacial score (nSPS) is 31.7. The van der Waals surface area contributed by atoms with Crippen LogP contribution in [0.3, 0.4) is 0 Å². The van der Waals surface area contributed by atoms with Crippen LogP contribution >= 0.6 is 0 Å². The third-order valence-corrected chi connectivity index (χ3v) is 3.21. The Morgan fingerprint density at radius 1 is 1.62 bits per heavy atom. The lowest BCUT2D eigenvalue weighted by Crippen LogP contribution is -2.55. The smallest absolute Gasteiger partial charge is 0.351 e. The summed E-state index contributed by atoms with van der Waals surface area (Å²) in [5, 5.41) is 19.3. The van der Waals surface area contributed by atoms with Gasteiger partial charge in [0.05, 0.1) is 6.61 Å². The van der Waals surface area contributed by atoms with E-state index in [1.807, 2.05) is 0 Å². The fraction of sp³-hybridized carbons (Fsp3) is 0.500. The molecule has 1 aromatic heterocycles. The average Bonchev–Trinajstić information content (AvgIpc) is 2.70. The second-order valence-corrected chi connectivity index (χ2v) is 4.56. The lowest BCUT2D eigenvalue weighted by Gasteiger charge is -2.27. The van der Waals surface area contributed by atoms with Crippen molar-refractivity contribution >= 4 is 5.82 Å². The van der Waals surface area contributed by atoms with Gasteiger partial charge in [-0.3, -0.25) is 4.57 Å². The number of hydrogen-bond donors (Lipinski definition) is 4. The Bertz CT molecular complexity index is 640. The van der Waals surface area contributed by atoms with Crippen LogP contribution in [0.1, 0.15) is 6.23 Å².